The number of ether oxygens (including phenoxy) is 1. The number of nitrogens with zero attached hydrogens (tertiary/aromatic N) is 2. The van der Waals surface area contributed by atoms with Crippen molar-refractivity contribution in [3.05, 3.63) is 39.0 Å². The maximum absolute atomic E-state index is 11.0. The summed E-state index contributed by atoms with van der Waals surface area (Å²) in [5.74, 6) is 0. The third-order valence-corrected chi connectivity index (χ3v) is 3.12. The van der Waals surface area contributed by atoms with Crippen LogP contribution in [0.25, 0.3) is 0 Å². The van der Waals surface area contributed by atoms with E-state index in [1.807, 2.05) is 16.1 Å². The molecule has 2 heterocycles. The average molecular weight is 268 g/mol. The van der Waals surface area contributed by atoms with Crippen LogP contribution >= 0.6 is 11.3 Å². The summed E-state index contributed by atoms with van der Waals surface area (Å²) in [6, 6.07) is 0. The van der Waals surface area contributed by atoms with Crippen LogP contribution < -0.4 is 10.2 Å². The van der Waals surface area contributed by atoms with E-state index in [1.54, 1.807) is 13.4 Å². The molecule has 0 saturated heterocycles. The number of thiazole rings is 1. The van der Waals surface area contributed by atoms with Gasteiger partial charge in [0.1, 0.15) is 0 Å². The number of imidazole rings is 1. The summed E-state index contributed by atoms with van der Waals surface area (Å²) < 4.78 is 6.90. The zero-order valence-corrected chi connectivity index (χ0v) is 11.0. The van der Waals surface area contributed by atoms with Crippen molar-refractivity contribution in [3.8, 4) is 0 Å². The van der Waals surface area contributed by atoms with Gasteiger partial charge in [-0.15, -0.1) is 0 Å². The van der Waals surface area contributed by atoms with Gasteiger partial charge in [-0.2, -0.15) is 0 Å². The number of hydrogen-bond acceptors (Lipinski definition) is 5. The van der Waals surface area contributed by atoms with Crippen molar-refractivity contribution in [1.29, 1.82) is 0 Å². The molecule has 2 rings (SSSR count). The molecule has 7 heteroatoms. The van der Waals surface area contributed by atoms with Crippen LogP contribution in [0, 0.1) is 0 Å². The number of H-pyrrole nitrogens is 1. The minimum absolute atomic E-state index is 0.0217. The van der Waals surface area contributed by atoms with E-state index in [0.29, 0.717) is 13.2 Å². The molecular formula is C11H16N4O2S. The molecule has 2 aromatic rings. The number of aromatic nitrogens is 3. The molecule has 0 unspecified atom stereocenters. The normalized spacial score (nSPS) is 10.9. The lowest BCUT2D eigenvalue weighted by Gasteiger charge is -2.00. The minimum Gasteiger partial charge on any atom is -0.383 e. The Morgan fingerprint density at radius 3 is 3.22 bits per heavy atom. The molecule has 6 nitrogen and oxygen atoms in total. The number of rotatable bonds is 7. The fourth-order valence-corrected chi connectivity index (χ4v) is 2.14. The molecule has 0 aromatic carbocycles. The molecule has 0 bridgehead atoms. The van der Waals surface area contributed by atoms with Gasteiger partial charge in [-0.1, -0.05) is 11.3 Å². The van der Waals surface area contributed by atoms with Crippen LogP contribution in [-0.2, 0) is 17.8 Å². The summed E-state index contributed by atoms with van der Waals surface area (Å²) in [7, 11) is 1.68. The van der Waals surface area contributed by atoms with Crippen molar-refractivity contribution in [3.63, 3.8) is 0 Å². The Kier molecular flexibility index (Phi) is 4.68. The van der Waals surface area contributed by atoms with E-state index in [1.165, 1.54) is 11.3 Å². The molecule has 0 aliphatic carbocycles. The van der Waals surface area contributed by atoms with E-state index in [2.05, 4.69) is 15.3 Å². The summed E-state index contributed by atoms with van der Waals surface area (Å²) in [6.45, 7) is 2.86. The van der Waals surface area contributed by atoms with Gasteiger partial charge in [-0.3, -0.25) is 4.79 Å². The second-order valence-electron chi connectivity index (χ2n) is 3.88. The first-order valence-corrected chi connectivity index (χ1v) is 6.53. The van der Waals surface area contributed by atoms with Crippen LogP contribution in [0.15, 0.2) is 22.7 Å². The first kappa shape index (κ1) is 13.0. The van der Waals surface area contributed by atoms with E-state index < -0.39 is 0 Å². The van der Waals surface area contributed by atoms with Crippen LogP contribution in [0.3, 0.4) is 0 Å². The van der Waals surface area contributed by atoms with Crippen LogP contribution in [0.4, 0.5) is 0 Å². The zero-order valence-electron chi connectivity index (χ0n) is 10.2. The van der Waals surface area contributed by atoms with Crippen molar-refractivity contribution in [2.75, 3.05) is 20.3 Å². The highest BCUT2D eigenvalue weighted by atomic mass is 32.1. The van der Waals surface area contributed by atoms with E-state index in [-0.39, 0.29) is 4.87 Å². The average Bonchev–Trinajstić information content (AvgIpc) is 2.95. The molecule has 0 aliphatic rings. The third kappa shape index (κ3) is 3.80. The minimum atomic E-state index is -0.0217. The third-order valence-electron chi connectivity index (χ3n) is 2.40. The molecule has 0 spiro atoms. The lowest BCUT2D eigenvalue weighted by Crippen LogP contribution is -2.18. The Morgan fingerprint density at radius 2 is 2.50 bits per heavy atom. The largest absolute Gasteiger partial charge is 0.383 e. The topological polar surface area (TPSA) is 71.9 Å². The standard InChI is InChI=1S/C11H16N4O2S/c1-17-3-2-12-4-9-5-15(8-13-9)6-10-7-18-11(16)14-10/h5,7-8,12H,2-4,6H2,1H3,(H,14,16). The maximum atomic E-state index is 11.0. The fourth-order valence-electron chi connectivity index (χ4n) is 1.56. The number of nitrogens with one attached hydrogen (secondary N) is 2. The molecular weight excluding hydrogens is 252 g/mol. The van der Waals surface area contributed by atoms with Gasteiger partial charge in [0.05, 0.1) is 25.2 Å². The lowest BCUT2D eigenvalue weighted by molar-refractivity contribution is 0.199. The van der Waals surface area contributed by atoms with Crippen molar-refractivity contribution in [2.24, 2.45) is 0 Å². The Hall–Kier alpha value is -1.44. The van der Waals surface area contributed by atoms with Gasteiger partial charge >= 0.3 is 4.87 Å². The first-order chi connectivity index (χ1) is 8.78. The zero-order chi connectivity index (χ0) is 12.8. The second kappa shape index (κ2) is 6.48. The Labute approximate surface area is 109 Å². The van der Waals surface area contributed by atoms with Gasteiger partial charge in [-0.25, -0.2) is 4.98 Å². The molecule has 0 aliphatic heterocycles. The van der Waals surface area contributed by atoms with E-state index in [4.69, 9.17) is 4.74 Å². The summed E-state index contributed by atoms with van der Waals surface area (Å²) in [6.07, 6.45) is 3.74. The molecule has 0 atom stereocenters. The van der Waals surface area contributed by atoms with Gasteiger partial charge < -0.3 is 19.6 Å². The van der Waals surface area contributed by atoms with Gasteiger partial charge in [-0.05, 0) is 0 Å². The van der Waals surface area contributed by atoms with Crippen molar-refractivity contribution in [1.82, 2.24) is 19.9 Å². The van der Waals surface area contributed by atoms with Crippen LogP contribution in [0.1, 0.15) is 11.4 Å². The number of aromatic amines is 1. The van der Waals surface area contributed by atoms with Crippen LogP contribution in [0.2, 0.25) is 0 Å². The highest BCUT2D eigenvalue weighted by Crippen LogP contribution is 2.02. The Bertz CT molecular complexity index is 531. The summed E-state index contributed by atoms with van der Waals surface area (Å²) in [5, 5.41) is 5.06. The molecule has 0 fully saturated rings. The fraction of sp³-hybridized carbons (Fsp3) is 0.455. The molecule has 0 radical (unpaired) electrons. The smallest absolute Gasteiger partial charge is 0.304 e. The van der Waals surface area contributed by atoms with Gasteiger partial charge in [0.2, 0.25) is 0 Å². The quantitative estimate of drug-likeness (QED) is 0.714. The number of hydrogen-bond donors (Lipinski definition) is 2. The predicted molar refractivity (Wildman–Crippen MR) is 69.9 cm³/mol. The molecule has 0 amide bonds. The highest BCUT2D eigenvalue weighted by molar-refractivity contribution is 7.07. The SMILES string of the molecule is COCCNCc1cn(Cc2csc(=O)[nH]2)cn1. The van der Waals surface area contributed by atoms with E-state index in [0.717, 1.165) is 24.5 Å². The monoisotopic (exact) mass is 268 g/mol. The van der Waals surface area contributed by atoms with Gasteiger partial charge in [0.15, 0.2) is 0 Å². The first-order valence-electron chi connectivity index (χ1n) is 5.65. The molecule has 2 N–H and O–H groups in total. The summed E-state index contributed by atoms with van der Waals surface area (Å²) in [5.41, 5.74) is 1.88. The Balaban J connectivity index is 1.84. The molecule has 2 aromatic heterocycles. The van der Waals surface area contributed by atoms with Crippen LogP contribution in [-0.4, -0.2) is 34.8 Å². The second-order valence-corrected chi connectivity index (χ2v) is 4.72. The van der Waals surface area contributed by atoms with E-state index >= 15 is 0 Å². The van der Waals surface area contributed by atoms with Crippen molar-refractivity contribution >= 4 is 11.3 Å². The molecule has 18 heavy (non-hydrogen) atoms. The number of methoxy groups -OCH3 is 1. The highest BCUT2D eigenvalue weighted by Gasteiger charge is 2.01. The maximum Gasteiger partial charge on any atom is 0.304 e. The van der Waals surface area contributed by atoms with Crippen molar-refractivity contribution < 1.29 is 4.74 Å². The summed E-state index contributed by atoms with van der Waals surface area (Å²) in [4.78, 5) is 18.0. The molecule has 0 saturated carbocycles. The van der Waals surface area contributed by atoms with Crippen molar-refractivity contribution in [2.45, 2.75) is 13.1 Å². The van der Waals surface area contributed by atoms with E-state index in [9.17, 15) is 4.79 Å². The van der Waals surface area contributed by atoms with Crippen LogP contribution in [0.5, 0.6) is 0 Å². The van der Waals surface area contributed by atoms with Gasteiger partial charge in [0, 0.05) is 37.5 Å². The van der Waals surface area contributed by atoms with Gasteiger partial charge in [0.25, 0.3) is 0 Å². The predicted octanol–water partition coefficient (Wildman–Crippen LogP) is 0.417. The summed E-state index contributed by atoms with van der Waals surface area (Å²) >= 11 is 1.18. The molecule has 98 valence electrons. The lowest BCUT2D eigenvalue weighted by atomic mass is 10.4. The Morgan fingerprint density at radius 1 is 1.61 bits per heavy atom.